The lowest BCUT2D eigenvalue weighted by Gasteiger charge is -2.27. The predicted molar refractivity (Wildman–Crippen MR) is 74.1 cm³/mol. The Morgan fingerprint density at radius 2 is 1.56 bits per heavy atom. The standard InChI is InChI=1S/C12H18Cl2N4/c1-2-8-3-5-9(6-4-8)7-15-12-17-10(13)16-11(14)18-12/h8-9H,2-7H2,1H3,(H,15,16,17,18). The minimum absolute atomic E-state index is 0.132. The van der Waals surface area contributed by atoms with E-state index in [1.54, 1.807) is 0 Å². The molecule has 0 spiro atoms. The monoisotopic (exact) mass is 288 g/mol. The Bertz CT molecular complexity index is 371. The molecule has 6 heteroatoms. The first-order valence-electron chi connectivity index (χ1n) is 6.48. The van der Waals surface area contributed by atoms with E-state index in [2.05, 4.69) is 27.2 Å². The van der Waals surface area contributed by atoms with Crippen molar-refractivity contribution in [3.63, 3.8) is 0 Å². The third-order valence-electron chi connectivity index (χ3n) is 3.67. The van der Waals surface area contributed by atoms with Gasteiger partial charge < -0.3 is 5.32 Å². The summed E-state index contributed by atoms with van der Waals surface area (Å²) in [5.41, 5.74) is 0. The maximum atomic E-state index is 5.72. The topological polar surface area (TPSA) is 50.7 Å². The molecule has 2 rings (SSSR count). The number of nitrogens with zero attached hydrogens (tertiary/aromatic N) is 3. The Morgan fingerprint density at radius 1 is 1.00 bits per heavy atom. The summed E-state index contributed by atoms with van der Waals surface area (Å²) in [6, 6.07) is 0. The van der Waals surface area contributed by atoms with Gasteiger partial charge in [-0.25, -0.2) is 0 Å². The lowest BCUT2D eigenvalue weighted by atomic mass is 9.81. The molecule has 1 aliphatic rings. The quantitative estimate of drug-likeness (QED) is 0.915. The second-order valence-corrected chi connectivity index (χ2v) is 5.55. The molecule has 1 fully saturated rings. The van der Waals surface area contributed by atoms with Crippen LogP contribution in [-0.2, 0) is 0 Å². The first-order chi connectivity index (χ1) is 8.67. The number of halogens is 2. The molecule has 1 aromatic rings. The van der Waals surface area contributed by atoms with Crippen molar-refractivity contribution < 1.29 is 0 Å². The summed E-state index contributed by atoms with van der Waals surface area (Å²) in [7, 11) is 0. The van der Waals surface area contributed by atoms with Crippen LogP contribution < -0.4 is 5.32 Å². The minimum atomic E-state index is 0.132. The number of anilines is 1. The second-order valence-electron chi connectivity index (χ2n) is 4.87. The van der Waals surface area contributed by atoms with Gasteiger partial charge >= 0.3 is 0 Å². The molecule has 1 aliphatic carbocycles. The maximum absolute atomic E-state index is 5.72. The highest BCUT2D eigenvalue weighted by atomic mass is 35.5. The van der Waals surface area contributed by atoms with E-state index >= 15 is 0 Å². The molecule has 18 heavy (non-hydrogen) atoms. The first-order valence-corrected chi connectivity index (χ1v) is 7.24. The molecule has 1 saturated carbocycles. The number of rotatable bonds is 4. The molecule has 100 valence electrons. The molecule has 0 aliphatic heterocycles. The number of aromatic nitrogens is 3. The SMILES string of the molecule is CCC1CCC(CNc2nc(Cl)nc(Cl)n2)CC1. The van der Waals surface area contributed by atoms with E-state index < -0.39 is 0 Å². The molecule has 0 aromatic carbocycles. The second kappa shape index (κ2) is 6.53. The molecular weight excluding hydrogens is 271 g/mol. The highest BCUT2D eigenvalue weighted by Crippen LogP contribution is 2.30. The Kier molecular flexibility index (Phi) is 5.01. The van der Waals surface area contributed by atoms with Gasteiger partial charge in [0.2, 0.25) is 16.5 Å². The van der Waals surface area contributed by atoms with E-state index in [4.69, 9.17) is 23.2 Å². The van der Waals surface area contributed by atoms with E-state index in [9.17, 15) is 0 Å². The summed E-state index contributed by atoms with van der Waals surface area (Å²) in [4.78, 5) is 11.7. The van der Waals surface area contributed by atoms with Crippen molar-refractivity contribution in [2.45, 2.75) is 39.0 Å². The molecule has 1 heterocycles. The van der Waals surface area contributed by atoms with Crippen LogP contribution in [0.5, 0.6) is 0 Å². The lowest BCUT2D eigenvalue weighted by molar-refractivity contribution is 0.278. The zero-order valence-corrected chi connectivity index (χ0v) is 12.0. The van der Waals surface area contributed by atoms with Gasteiger partial charge in [-0.05, 0) is 47.9 Å². The van der Waals surface area contributed by atoms with E-state index in [1.807, 2.05) is 0 Å². The third-order valence-corrected chi connectivity index (χ3v) is 4.01. The van der Waals surface area contributed by atoms with Crippen LogP contribution in [0.25, 0.3) is 0 Å². The molecule has 4 nitrogen and oxygen atoms in total. The lowest BCUT2D eigenvalue weighted by Crippen LogP contribution is -2.21. The first kappa shape index (κ1) is 13.8. The van der Waals surface area contributed by atoms with E-state index in [0.29, 0.717) is 11.9 Å². The van der Waals surface area contributed by atoms with Crippen LogP contribution in [-0.4, -0.2) is 21.5 Å². The van der Waals surface area contributed by atoms with Crippen molar-refractivity contribution in [1.29, 1.82) is 0 Å². The van der Waals surface area contributed by atoms with Gasteiger partial charge in [0.1, 0.15) is 0 Å². The summed E-state index contributed by atoms with van der Waals surface area (Å²) < 4.78 is 0. The Hall–Kier alpha value is -0.610. The average Bonchev–Trinajstić information content (AvgIpc) is 2.36. The van der Waals surface area contributed by atoms with Gasteiger partial charge in [0, 0.05) is 6.54 Å². The molecule has 0 bridgehead atoms. The average molecular weight is 289 g/mol. The van der Waals surface area contributed by atoms with Crippen molar-refractivity contribution in [3.05, 3.63) is 10.6 Å². The molecule has 0 saturated heterocycles. The zero-order valence-electron chi connectivity index (χ0n) is 10.5. The summed E-state index contributed by atoms with van der Waals surface area (Å²) in [6.07, 6.45) is 6.53. The minimum Gasteiger partial charge on any atom is -0.354 e. The Morgan fingerprint density at radius 3 is 2.11 bits per heavy atom. The smallest absolute Gasteiger partial charge is 0.228 e. The van der Waals surface area contributed by atoms with Gasteiger partial charge in [-0.15, -0.1) is 0 Å². The van der Waals surface area contributed by atoms with E-state index in [1.165, 1.54) is 32.1 Å². The molecule has 0 unspecified atom stereocenters. The van der Waals surface area contributed by atoms with E-state index in [-0.39, 0.29) is 10.6 Å². The van der Waals surface area contributed by atoms with Crippen LogP contribution in [0.4, 0.5) is 5.95 Å². The molecule has 0 radical (unpaired) electrons. The summed E-state index contributed by atoms with van der Waals surface area (Å²) in [5.74, 6) is 2.09. The van der Waals surface area contributed by atoms with Gasteiger partial charge in [0.15, 0.2) is 0 Å². The van der Waals surface area contributed by atoms with Crippen molar-refractivity contribution in [2.24, 2.45) is 11.8 Å². The number of hydrogen-bond donors (Lipinski definition) is 1. The summed E-state index contributed by atoms with van der Waals surface area (Å²) in [6.45, 7) is 3.16. The molecular formula is C12H18Cl2N4. The fraction of sp³-hybridized carbons (Fsp3) is 0.750. The highest BCUT2D eigenvalue weighted by molar-refractivity contribution is 6.31. The summed E-state index contributed by atoms with van der Waals surface area (Å²) >= 11 is 11.4. The molecule has 1 N–H and O–H groups in total. The van der Waals surface area contributed by atoms with Crippen LogP contribution in [0.1, 0.15) is 39.0 Å². The predicted octanol–water partition coefficient (Wildman–Crippen LogP) is 3.81. The molecule has 0 atom stereocenters. The summed E-state index contributed by atoms with van der Waals surface area (Å²) in [5, 5.41) is 3.46. The maximum Gasteiger partial charge on any atom is 0.228 e. The largest absolute Gasteiger partial charge is 0.354 e. The van der Waals surface area contributed by atoms with Gasteiger partial charge in [-0.1, -0.05) is 26.2 Å². The Labute approximate surface area is 118 Å². The van der Waals surface area contributed by atoms with Gasteiger partial charge in [-0.2, -0.15) is 15.0 Å². The van der Waals surface area contributed by atoms with Crippen molar-refractivity contribution >= 4 is 29.2 Å². The van der Waals surface area contributed by atoms with Crippen LogP contribution in [0.2, 0.25) is 10.6 Å². The third kappa shape index (κ3) is 3.95. The van der Waals surface area contributed by atoms with Gasteiger partial charge in [0.05, 0.1) is 0 Å². The van der Waals surface area contributed by atoms with Crippen LogP contribution >= 0.6 is 23.2 Å². The van der Waals surface area contributed by atoms with Crippen LogP contribution in [0.3, 0.4) is 0 Å². The van der Waals surface area contributed by atoms with Crippen molar-refractivity contribution in [2.75, 3.05) is 11.9 Å². The van der Waals surface area contributed by atoms with Gasteiger partial charge in [-0.3, -0.25) is 0 Å². The fourth-order valence-electron chi connectivity index (χ4n) is 2.48. The molecule has 1 aromatic heterocycles. The fourth-order valence-corrected chi connectivity index (χ4v) is 2.85. The molecule has 0 amide bonds. The zero-order chi connectivity index (χ0) is 13.0. The Balaban J connectivity index is 1.81. The normalized spacial score (nSPS) is 23.9. The number of hydrogen-bond acceptors (Lipinski definition) is 4. The van der Waals surface area contributed by atoms with Crippen molar-refractivity contribution in [3.8, 4) is 0 Å². The van der Waals surface area contributed by atoms with E-state index in [0.717, 1.165) is 12.5 Å². The van der Waals surface area contributed by atoms with Crippen LogP contribution in [0.15, 0.2) is 0 Å². The van der Waals surface area contributed by atoms with Crippen molar-refractivity contribution in [1.82, 2.24) is 15.0 Å². The number of nitrogens with one attached hydrogen (secondary N) is 1. The van der Waals surface area contributed by atoms with Crippen LogP contribution in [0, 0.1) is 11.8 Å². The van der Waals surface area contributed by atoms with Gasteiger partial charge in [0.25, 0.3) is 0 Å². The highest BCUT2D eigenvalue weighted by Gasteiger charge is 2.19.